The smallest absolute Gasteiger partial charge is 0.305 e. The second kappa shape index (κ2) is 5.82. The van der Waals surface area contributed by atoms with E-state index in [9.17, 15) is 9.59 Å². The van der Waals surface area contributed by atoms with Gasteiger partial charge in [-0.1, -0.05) is 12.2 Å². The predicted octanol–water partition coefficient (Wildman–Crippen LogP) is 0.949. The van der Waals surface area contributed by atoms with Crippen molar-refractivity contribution >= 4 is 11.9 Å². The van der Waals surface area contributed by atoms with E-state index < -0.39 is 11.5 Å². The summed E-state index contributed by atoms with van der Waals surface area (Å²) in [4.78, 5) is 22.7. The molecule has 0 saturated heterocycles. The minimum atomic E-state index is -0.950. The van der Waals surface area contributed by atoms with Gasteiger partial charge in [-0.3, -0.25) is 9.59 Å². The number of carboxylic acid groups (broad SMARTS) is 1. The highest BCUT2D eigenvalue weighted by atomic mass is 16.5. The third-order valence-electron chi connectivity index (χ3n) is 2.81. The molecule has 1 unspecified atom stereocenters. The summed E-state index contributed by atoms with van der Waals surface area (Å²) in [5, 5.41) is 11.6. The van der Waals surface area contributed by atoms with Crippen LogP contribution in [0.2, 0.25) is 0 Å². The molecule has 0 radical (unpaired) electrons. The first-order valence-electron chi connectivity index (χ1n) is 5.64. The number of rotatable bonds is 6. The zero-order valence-corrected chi connectivity index (χ0v) is 10.2. The number of methoxy groups -OCH3 is 1. The van der Waals surface area contributed by atoms with Crippen molar-refractivity contribution < 1.29 is 19.4 Å². The first kappa shape index (κ1) is 13.7. The van der Waals surface area contributed by atoms with Crippen LogP contribution in [0.5, 0.6) is 0 Å². The fraction of sp³-hybridized carbons (Fsp3) is 0.667. The Hall–Kier alpha value is -1.36. The standard InChI is InChI=1S/C12H19NO4/c1-12(8-17-2,7-10(14)15)13-11(16)9-5-3-4-6-9/h3-4,9H,5-8H2,1-2H3,(H,13,16)(H,14,15). The third-order valence-corrected chi connectivity index (χ3v) is 2.81. The maximum Gasteiger partial charge on any atom is 0.305 e. The van der Waals surface area contributed by atoms with Crippen molar-refractivity contribution in [2.45, 2.75) is 31.7 Å². The highest BCUT2D eigenvalue weighted by Crippen LogP contribution is 2.20. The second-order valence-electron chi connectivity index (χ2n) is 4.69. The number of hydrogen-bond donors (Lipinski definition) is 2. The van der Waals surface area contributed by atoms with Crippen LogP contribution >= 0.6 is 0 Å². The van der Waals surface area contributed by atoms with Crippen LogP contribution in [0, 0.1) is 5.92 Å². The molecule has 5 heteroatoms. The molecule has 1 aliphatic rings. The van der Waals surface area contributed by atoms with E-state index in [0.29, 0.717) is 0 Å². The van der Waals surface area contributed by atoms with Crippen molar-refractivity contribution in [2.75, 3.05) is 13.7 Å². The predicted molar refractivity (Wildman–Crippen MR) is 62.5 cm³/mol. The maximum absolute atomic E-state index is 11.9. The van der Waals surface area contributed by atoms with Crippen LogP contribution in [0.1, 0.15) is 26.2 Å². The van der Waals surface area contributed by atoms with Gasteiger partial charge < -0.3 is 15.2 Å². The molecule has 0 fully saturated rings. The lowest BCUT2D eigenvalue weighted by Crippen LogP contribution is -2.52. The molecule has 0 aromatic heterocycles. The number of allylic oxidation sites excluding steroid dienone is 2. The van der Waals surface area contributed by atoms with Crippen LogP contribution in [0.25, 0.3) is 0 Å². The molecular formula is C12H19NO4. The normalized spacial score (nSPS) is 18.9. The Morgan fingerprint density at radius 3 is 2.53 bits per heavy atom. The average Bonchev–Trinajstić information content (AvgIpc) is 2.68. The van der Waals surface area contributed by atoms with Crippen molar-refractivity contribution in [1.82, 2.24) is 5.32 Å². The van der Waals surface area contributed by atoms with Gasteiger partial charge in [-0.25, -0.2) is 0 Å². The van der Waals surface area contributed by atoms with Gasteiger partial charge in [-0.15, -0.1) is 0 Å². The van der Waals surface area contributed by atoms with E-state index in [1.807, 2.05) is 12.2 Å². The van der Waals surface area contributed by atoms with Gasteiger partial charge in [0.05, 0.1) is 18.6 Å². The summed E-state index contributed by atoms with van der Waals surface area (Å²) in [5.74, 6) is -1.12. The van der Waals surface area contributed by atoms with E-state index in [2.05, 4.69) is 5.32 Å². The monoisotopic (exact) mass is 241 g/mol. The first-order chi connectivity index (χ1) is 7.97. The van der Waals surface area contributed by atoms with E-state index in [0.717, 1.165) is 12.8 Å². The summed E-state index contributed by atoms with van der Waals surface area (Å²) in [6.45, 7) is 1.87. The Morgan fingerprint density at radius 2 is 2.06 bits per heavy atom. The summed E-state index contributed by atoms with van der Waals surface area (Å²) in [5.41, 5.74) is -0.847. The molecule has 0 saturated carbocycles. The summed E-state index contributed by atoms with van der Waals surface area (Å²) in [7, 11) is 1.49. The SMILES string of the molecule is COCC(C)(CC(=O)O)NC(=O)C1CC=CC1. The fourth-order valence-electron chi connectivity index (χ4n) is 2.01. The second-order valence-corrected chi connectivity index (χ2v) is 4.69. The van der Waals surface area contributed by atoms with Gasteiger partial charge >= 0.3 is 5.97 Å². The number of aliphatic carboxylic acids is 1. The highest BCUT2D eigenvalue weighted by Gasteiger charge is 2.32. The molecule has 0 heterocycles. The van der Waals surface area contributed by atoms with Gasteiger partial charge in [-0.05, 0) is 19.8 Å². The number of ether oxygens (including phenoxy) is 1. The van der Waals surface area contributed by atoms with Gasteiger partial charge in [-0.2, -0.15) is 0 Å². The topological polar surface area (TPSA) is 75.6 Å². The molecule has 17 heavy (non-hydrogen) atoms. The van der Waals surface area contributed by atoms with E-state index in [1.54, 1.807) is 6.92 Å². The lowest BCUT2D eigenvalue weighted by Gasteiger charge is -2.29. The quantitative estimate of drug-likeness (QED) is 0.679. The van der Waals surface area contributed by atoms with E-state index >= 15 is 0 Å². The van der Waals surface area contributed by atoms with Crippen molar-refractivity contribution in [3.8, 4) is 0 Å². The highest BCUT2D eigenvalue weighted by molar-refractivity contribution is 5.81. The number of nitrogens with one attached hydrogen (secondary N) is 1. The molecule has 96 valence electrons. The van der Waals surface area contributed by atoms with Crippen LogP contribution in [0.15, 0.2) is 12.2 Å². The summed E-state index contributed by atoms with van der Waals surface area (Å²) in [6, 6.07) is 0. The van der Waals surface area contributed by atoms with E-state index in [-0.39, 0.29) is 24.9 Å². The molecule has 0 aromatic rings. The van der Waals surface area contributed by atoms with Gasteiger partial charge in [0.2, 0.25) is 5.91 Å². The molecule has 0 spiro atoms. The molecule has 0 bridgehead atoms. The molecule has 1 aliphatic carbocycles. The average molecular weight is 241 g/mol. The molecule has 2 N–H and O–H groups in total. The van der Waals surface area contributed by atoms with Crippen LogP contribution in [0.4, 0.5) is 0 Å². The maximum atomic E-state index is 11.9. The number of carbonyl (C=O) groups is 2. The van der Waals surface area contributed by atoms with E-state index in [1.165, 1.54) is 7.11 Å². The minimum absolute atomic E-state index is 0.0695. The minimum Gasteiger partial charge on any atom is -0.481 e. The van der Waals surface area contributed by atoms with Gasteiger partial charge in [0, 0.05) is 13.0 Å². The van der Waals surface area contributed by atoms with Crippen LogP contribution < -0.4 is 5.32 Å². The number of amides is 1. The van der Waals surface area contributed by atoms with E-state index in [4.69, 9.17) is 9.84 Å². The summed E-state index contributed by atoms with van der Waals surface area (Å²) in [6.07, 6.45) is 5.24. The third kappa shape index (κ3) is 4.19. The Kier molecular flexibility index (Phi) is 4.69. The zero-order chi connectivity index (χ0) is 12.9. The van der Waals surface area contributed by atoms with Crippen LogP contribution in [0.3, 0.4) is 0 Å². The van der Waals surface area contributed by atoms with Crippen molar-refractivity contribution in [2.24, 2.45) is 5.92 Å². The van der Waals surface area contributed by atoms with Gasteiger partial charge in [0.1, 0.15) is 0 Å². The number of carboxylic acids is 1. The molecule has 0 aromatic carbocycles. The van der Waals surface area contributed by atoms with Crippen molar-refractivity contribution in [1.29, 1.82) is 0 Å². The Balaban J connectivity index is 2.58. The summed E-state index contributed by atoms with van der Waals surface area (Å²) < 4.78 is 4.98. The Bertz CT molecular complexity index is 318. The summed E-state index contributed by atoms with van der Waals surface area (Å²) >= 11 is 0. The number of hydrogen-bond acceptors (Lipinski definition) is 3. The largest absolute Gasteiger partial charge is 0.481 e. The molecule has 1 atom stereocenters. The lowest BCUT2D eigenvalue weighted by molar-refractivity contribution is -0.140. The molecule has 1 rings (SSSR count). The Morgan fingerprint density at radius 1 is 1.47 bits per heavy atom. The van der Waals surface area contributed by atoms with Gasteiger partial charge in [0.15, 0.2) is 0 Å². The Labute approximate surface area is 101 Å². The van der Waals surface area contributed by atoms with Crippen molar-refractivity contribution in [3.05, 3.63) is 12.2 Å². The fourth-order valence-corrected chi connectivity index (χ4v) is 2.01. The number of carbonyl (C=O) groups excluding carboxylic acids is 1. The molecule has 0 aliphatic heterocycles. The van der Waals surface area contributed by atoms with Crippen LogP contribution in [-0.4, -0.2) is 36.2 Å². The van der Waals surface area contributed by atoms with Gasteiger partial charge in [0.25, 0.3) is 0 Å². The molecule has 1 amide bonds. The van der Waals surface area contributed by atoms with Crippen LogP contribution in [-0.2, 0) is 14.3 Å². The van der Waals surface area contributed by atoms with Crippen molar-refractivity contribution in [3.63, 3.8) is 0 Å². The molecular weight excluding hydrogens is 222 g/mol. The zero-order valence-electron chi connectivity index (χ0n) is 10.2. The first-order valence-corrected chi connectivity index (χ1v) is 5.64. The lowest BCUT2D eigenvalue weighted by atomic mass is 9.96. The molecule has 5 nitrogen and oxygen atoms in total.